The molecule has 0 fully saturated rings. The molecule has 0 unspecified atom stereocenters. The fraction of sp³-hybridized carbons (Fsp3) is 0.400. The van der Waals surface area contributed by atoms with Crippen LogP contribution in [0.2, 0.25) is 0 Å². The lowest BCUT2D eigenvalue weighted by molar-refractivity contribution is 0.181. The van der Waals surface area contributed by atoms with Crippen LogP contribution in [0.3, 0.4) is 0 Å². The zero-order valence-electron chi connectivity index (χ0n) is 12.0. The minimum atomic E-state index is 0.556. The highest BCUT2D eigenvalue weighted by atomic mass is 79.9. The van der Waals surface area contributed by atoms with Gasteiger partial charge in [0, 0.05) is 28.6 Å². The number of hydrogen-bond acceptors (Lipinski definition) is 4. The van der Waals surface area contributed by atoms with Gasteiger partial charge in [-0.05, 0) is 25.1 Å². The number of methoxy groups -OCH3 is 1. The van der Waals surface area contributed by atoms with Crippen LogP contribution in [-0.4, -0.2) is 18.6 Å². The molecule has 5 heteroatoms. The van der Waals surface area contributed by atoms with Crippen molar-refractivity contribution < 1.29 is 4.74 Å². The summed E-state index contributed by atoms with van der Waals surface area (Å²) in [5.74, 6) is 0. The average molecular weight is 355 g/mol. The van der Waals surface area contributed by atoms with Crippen molar-refractivity contribution in [1.29, 1.82) is 0 Å². The monoisotopic (exact) mass is 354 g/mol. The van der Waals surface area contributed by atoms with Crippen molar-refractivity contribution in [1.82, 2.24) is 10.3 Å². The standard InChI is InChI=1S/C15H19BrN2OS/c1-4-17-8-14-13(9-19-3)18-15(20-14)11-6-5-10(2)7-12(11)16/h5-7,17H,4,8-9H2,1-3H3. The Balaban J connectivity index is 2.36. The predicted octanol–water partition coefficient (Wildman–Crippen LogP) is 4.14. The van der Waals surface area contributed by atoms with E-state index in [1.807, 2.05) is 0 Å². The number of ether oxygens (including phenoxy) is 1. The largest absolute Gasteiger partial charge is 0.378 e. The molecular formula is C15H19BrN2OS. The molecule has 1 aromatic carbocycles. The van der Waals surface area contributed by atoms with Crippen LogP contribution in [0.1, 0.15) is 23.1 Å². The third-order valence-electron chi connectivity index (χ3n) is 2.95. The highest BCUT2D eigenvalue weighted by molar-refractivity contribution is 9.10. The molecule has 0 radical (unpaired) electrons. The van der Waals surface area contributed by atoms with Crippen LogP contribution in [0.25, 0.3) is 10.6 Å². The molecule has 1 aromatic heterocycles. The summed E-state index contributed by atoms with van der Waals surface area (Å²) >= 11 is 5.36. The molecule has 0 saturated carbocycles. The van der Waals surface area contributed by atoms with Gasteiger partial charge in [-0.25, -0.2) is 4.98 Å². The molecule has 0 aliphatic rings. The lowest BCUT2D eigenvalue weighted by atomic mass is 10.2. The number of benzene rings is 1. The number of aromatic nitrogens is 1. The van der Waals surface area contributed by atoms with Crippen LogP contribution in [0, 0.1) is 6.92 Å². The van der Waals surface area contributed by atoms with Crippen molar-refractivity contribution in [2.45, 2.75) is 27.0 Å². The van der Waals surface area contributed by atoms with Gasteiger partial charge in [0.1, 0.15) is 5.01 Å². The molecule has 2 aromatic rings. The SMILES string of the molecule is CCNCc1sc(-c2ccc(C)cc2Br)nc1COC. The van der Waals surface area contributed by atoms with Gasteiger partial charge in [0.2, 0.25) is 0 Å². The molecular weight excluding hydrogens is 336 g/mol. The normalized spacial score (nSPS) is 11.0. The van der Waals surface area contributed by atoms with Crippen LogP contribution in [0.15, 0.2) is 22.7 Å². The highest BCUT2D eigenvalue weighted by Crippen LogP contribution is 2.34. The van der Waals surface area contributed by atoms with E-state index in [9.17, 15) is 0 Å². The third-order valence-corrected chi connectivity index (χ3v) is 4.74. The predicted molar refractivity (Wildman–Crippen MR) is 88.1 cm³/mol. The second-order valence-electron chi connectivity index (χ2n) is 4.59. The van der Waals surface area contributed by atoms with E-state index >= 15 is 0 Å². The van der Waals surface area contributed by atoms with Crippen molar-refractivity contribution in [3.8, 4) is 10.6 Å². The minimum absolute atomic E-state index is 0.556. The van der Waals surface area contributed by atoms with E-state index in [0.29, 0.717) is 6.61 Å². The summed E-state index contributed by atoms with van der Waals surface area (Å²) in [7, 11) is 1.71. The Kier molecular flexibility index (Phi) is 5.72. The van der Waals surface area contributed by atoms with E-state index in [0.717, 1.165) is 33.8 Å². The molecule has 0 aliphatic heterocycles. The second kappa shape index (κ2) is 7.31. The van der Waals surface area contributed by atoms with E-state index in [1.54, 1.807) is 18.4 Å². The van der Waals surface area contributed by atoms with Crippen LogP contribution in [0.4, 0.5) is 0 Å². The summed E-state index contributed by atoms with van der Waals surface area (Å²) in [5, 5.41) is 4.39. The summed E-state index contributed by atoms with van der Waals surface area (Å²) < 4.78 is 6.34. The smallest absolute Gasteiger partial charge is 0.125 e. The van der Waals surface area contributed by atoms with Gasteiger partial charge < -0.3 is 10.1 Å². The maximum absolute atomic E-state index is 5.25. The lowest BCUT2D eigenvalue weighted by Crippen LogP contribution is -2.12. The first-order valence-electron chi connectivity index (χ1n) is 6.60. The molecule has 3 nitrogen and oxygen atoms in total. The number of thiazole rings is 1. The van der Waals surface area contributed by atoms with Gasteiger partial charge in [0.15, 0.2) is 0 Å². The Hall–Kier alpha value is -0.750. The Bertz CT molecular complexity index is 583. The van der Waals surface area contributed by atoms with E-state index in [-0.39, 0.29) is 0 Å². The lowest BCUT2D eigenvalue weighted by Gasteiger charge is -2.01. The van der Waals surface area contributed by atoms with Crippen LogP contribution >= 0.6 is 27.3 Å². The molecule has 1 heterocycles. The van der Waals surface area contributed by atoms with E-state index in [4.69, 9.17) is 9.72 Å². The summed E-state index contributed by atoms with van der Waals surface area (Å²) in [4.78, 5) is 5.98. The second-order valence-corrected chi connectivity index (χ2v) is 6.52. The van der Waals surface area contributed by atoms with Crippen molar-refractivity contribution in [2.24, 2.45) is 0 Å². The van der Waals surface area contributed by atoms with Crippen LogP contribution in [0.5, 0.6) is 0 Å². The summed E-state index contributed by atoms with van der Waals surface area (Å²) in [6, 6.07) is 6.35. The first kappa shape index (κ1) is 15.6. The fourth-order valence-corrected chi connectivity index (χ4v) is 3.80. The van der Waals surface area contributed by atoms with Crippen LogP contribution < -0.4 is 5.32 Å². The van der Waals surface area contributed by atoms with Crippen molar-refractivity contribution in [2.75, 3.05) is 13.7 Å². The molecule has 2 rings (SSSR count). The Labute approximate surface area is 132 Å². The van der Waals surface area contributed by atoms with Gasteiger partial charge in [-0.15, -0.1) is 11.3 Å². The van der Waals surface area contributed by atoms with Gasteiger partial charge in [0.25, 0.3) is 0 Å². The molecule has 0 saturated heterocycles. The van der Waals surface area contributed by atoms with Gasteiger partial charge in [0.05, 0.1) is 12.3 Å². The number of rotatable bonds is 6. The van der Waals surface area contributed by atoms with Gasteiger partial charge in [-0.1, -0.05) is 35.0 Å². The van der Waals surface area contributed by atoms with Crippen molar-refractivity contribution >= 4 is 27.3 Å². The summed E-state index contributed by atoms with van der Waals surface area (Å²) in [6.07, 6.45) is 0. The molecule has 0 spiro atoms. The Morgan fingerprint density at radius 3 is 2.85 bits per heavy atom. The zero-order chi connectivity index (χ0) is 14.5. The molecule has 0 atom stereocenters. The third kappa shape index (κ3) is 3.67. The number of nitrogens with one attached hydrogen (secondary N) is 1. The number of hydrogen-bond donors (Lipinski definition) is 1. The van der Waals surface area contributed by atoms with Gasteiger partial charge >= 0.3 is 0 Å². The first-order valence-corrected chi connectivity index (χ1v) is 8.21. The maximum atomic E-state index is 5.25. The molecule has 0 amide bonds. The zero-order valence-corrected chi connectivity index (χ0v) is 14.4. The molecule has 0 aliphatic carbocycles. The Morgan fingerprint density at radius 1 is 1.40 bits per heavy atom. The van der Waals surface area contributed by atoms with Gasteiger partial charge in [-0.3, -0.25) is 0 Å². The highest BCUT2D eigenvalue weighted by Gasteiger charge is 2.14. The Morgan fingerprint density at radius 2 is 2.20 bits per heavy atom. The average Bonchev–Trinajstić information content (AvgIpc) is 2.80. The van der Waals surface area contributed by atoms with Crippen LogP contribution in [-0.2, 0) is 17.9 Å². The minimum Gasteiger partial charge on any atom is -0.378 e. The topological polar surface area (TPSA) is 34.2 Å². The van der Waals surface area contributed by atoms with Gasteiger partial charge in [-0.2, -0.15) is 0 Å². The molecule has 1 N–H and O–H groups in total. The number of aryl methyl sites for hydroxylation is 1. The molecule has 108 valence electrons. The van der Waals surface area contributed by atoms with E-state index in [1.165, 1.54) is 10.4 Å². The molecule has 0 bridgehead atoms. The molecule has 20 heavy (non-hydrogen) atoms. The van der Waals surface area contributed by atoms with Crippen molar-refractivity contribution in [3.05, 3.63) is 38.8 Å². The number of nitrogens with zero attached hydrogens (tertiary/aromatic N) is 1. The van der Waals surface area contributed by atoms with E-state index < -0.39 is 0 Å². The summed E-state index contributed by atoms with van der Waals surface area (Å²) in [6.45, 7) is 6.54. The summed E-state index contributed by atoms with van der Waals surface area (Å²) in [5.41, 5.74) is 3.41. The fourth-order valence-electron chi connectivity index (χ4n) is 1.92. The van der Waals surface area contributed by atoms with E-state index in [2.05, 4.69) is 53.3 Å². The van der Waals surface area contributed by atoms with Crippen molar-refractivity contribution in [3.63, 3.8) is 0 Å². The number of halogens is 1. The maximum Gasteiger partial charge on any atom is 0.125 e. The quantitative estimate of drug-likeness (QED) is 0.846. The first-order chi connectivity index (χ1) is 9.65.